The molecule has 2 atom stereocenters. The third-order valence-electron chi connectivity index (χ3n) is 2.48. The van der Waals surface area contributed by atoms with Gasteiger partial charge in [-0.3, -0.25) is 0 Å². The van der Waals surface area contributed by atoms with Gasteiger partial charge in [0.2, 0.25) is 0 Å². The number of carbonyl (C=O) groups is 1. The van der Waals surface area contributed by atoms with Gasteiger partial charge in [0.1, 0.15) is 6.17 Å². The minimum absolute atomic E-state index is 0.0152. The molecule has 0 radical (unpaired) electrons. The summed E-state index contributed by atoms with van der Waals surface area (Å²) in [6, 6.07) is 1.57. The predicted octanol–water partition coefficient (Wildman–Crippen LogP) is 2.76. The molecular weight excluding hydrogens is 215 g/mol. The fraction of sp³-hybridized carbons (Fsp3) is 0.500. The zero-order valence-electron chi connectivity index (χ0n) is 8.20. The van der Waals surface area contributed by atoms with Crippen molar-refractivity contribution in [2.75, 3.05) is 5.32 Å². The molecule has 1 aliphatic rings. The summed E-state index contributed by atoms with van der Waals surface area (Å²) in [5, 5.41) is 9.21. The maximum atomic E-state index is 12.8. The molecule has 2 rings (SSSR count). The Morgan fingerprint density at radius 1 is 1.53 bits per heavy atom. The van der Waals surface area contributed by atoms with E-state index in [0.29, 0.717) is 12.8 Å². The van der Waals surface area contributed by atoms with E-state index in [1.807, 2.05) is 16.8 Å². The zero-order valence-corrected chi connectivity index (χ0v) is 9.02. The van der Waals surface area contributed by atoms with Gasteiger partial charge in [-0.25, -0.2) is 9.18 Å². The molecule has 3 nitrogen and oxygen atoms in total. The number of carbonyl (C=O) groups excluding carboxylic acids is 1. The molecule has 2 N–H and O–H groups in total. The molecule has 1 heterocycles. The van der Waals surface area contributed by atoms with E-state index in [9.17, 15) is 9.18 Å². The summed E-state index contributed by atoms with van der Waals surface area (Å²) in [5.74, 6) is 0. The second-order valence-electron chi connectivity index (χ2n) is 3.72. The summed E-state index contributed by atoms with van der Waals surface area (Å²) in [4.78, 5) is 11.4. The zero-order chi connectivity index (χ0) is 10.7. The van der Waals surface area contributed by atoms with Gasteiger partial charge in [0.25, 0.3) is 0 Å². The standard InChI is InChI=1S/C10H13FN2OS/c11-7-1-2-8(5-7)12-10(14)13-9-3-4-15-6-9/h3-4,6-8H,1-2,5H2,(H2,12,13,14)/t7-,8-/m1/s1. The van der Waals surface area contributed by atoms with Gasteiger partial charge in [-0.15, -0.1) is 0 Å². The fourth-order valence-corrected chi connectivity index (χ4v) is 2.33. The summed E-state index contributed by atoms with van der Waals surface area (Å²) in [6.07, 6.45) is 0.982. The van der Waals surface area contributed by atoms with Crippen LogP contribution in [0.3, 0.4) is 0 Å². The average molecular weight is 228 g/mol. The lowest BCUT2D eigenvalue weighted by Crippen LogP contribution is -2.36. The normalized spacial score (nSPS) is 25.1. The lowest BCUT2D eigenvalue weighted by atomic mass is 10.2. The Balaban J connectivity index is 1.78. The molecule has 15 heavy (non-hydrogen) atoms. The number of hydrogen-bond acceptors (Lipinski definition) is 2. The quantitative estimate of drug-likeness (QED) is 0.803. The molecule has 1 aromatic rings. The average Bonchev–Trinajstić information content (AvgIpc) is 2.77. The number of hydrogen-bond donors (Lipinski definition) is 2. The molecule has 1 aromatic heterocycles. The van der Waals surface area contributed by atoms with Crippen LogP contribution in [0, 0.1) is 0 Å². The highest BCUT2D eigenvalue weighted by Crippen LogP contribution is 2.21. The second-order valence-corrected chi connectivity index (χ2v) is 4.50. The largest absolute Gasteiger partial charge is 0.335 e. The SMILES string of the molecule is O=C(Nc1ccsc1)N[C@@H]1CC[C@@H](F)C1. The molecule has 1 aliphatic carbocycles. The summed E-state index contributed by atoms with van der Waals surface area (Å²) in [6.45, 7) is 0. The molecule has 0 unspecified atom stereocenters. The van der Waals surface area contributed by atoms with Crippen LogP contribution in [0.2, 0.25) is 0 Å². The number of thiophene rings is 1. The van der Waals surface area contributed by atoms with E-state index in [1.54, 1.807) is 0 Å². The number of urea groups is 1. The lowest BCUT2D eigenvalue weighted by molar-refractivity contribution is 0.247. The van der Waals surface area contributed by atoms with Crippen LogP contribution >= 0.6 is 11.3 Å². The van der Waals surface area contributed by atoms with Gasteiger partial charge in [0.05, 0.1) is 5.69 Å². The monoisotopic (exact) mass is 228 g/mol. The van der Waals surface area contributed by atoms with Crippen molar-refractivity contribution in [2.24, 2.45) is 0 Å². The molecule has 1 saturated carbocycles. The molecular formula is C10H13FN2OS. The number of halogens is 1. The van der Waals surface area contributed by atoms with Crippen LogP contribution in [0.5, 0.6) is 0 Å². The predicted molar refractivity (Wildman–Crippen MR) is 59.0 cm³/mol. The Morgan fingerprint density at radius 2 is 2.40 bits per heavy atom. The van der Waals surface area contributed by atoms with E-state index in [1.165, 1.54) is 11.3 Å². The highest BCUT2D eigenvalue weighted by atomic mass is 32.1. The van der Waals surface area contributed by atoms with Gasteiger partial charge in [-0.2, -0.15) is 11.3 Å². The Morgan fingerprint density at radius 3 is 3.00 bits per heavy atom. The first-order chi connectivity index (χ1) is 7.24. The maximum absolute atomic E-state index is 12.8. The van der Waals surface area contributed by atoms with E-state index >= 15 is 0 Å². The first-order valence-corrected chi connectivity index (χ1v) is 5.92. The van der Waals surface area contributed by atoms with Gasteiger partial charge in [0.15, 0.2) is 0 Å². The molecule has 2 amide bonds. The van der Waals surface area contributed by atoms with Crippen molar-refractivity contribution in [3.8, 4) is 0 Å². The maximum Gasteiger partial charge on any atom is 0.319 e. The molecule has 82 valence electrons. The molecule has 0 aromatic carbocycles. The van der Waals surface area contributed by atoms with Crippen LogP contribution in [-0.2, 0) is 0 Å². The Labute approximate surface area is 91.7 Å². The minimum Gasteiger partial charge on any atom is -0.335 e. The van der Waals surface area contributed by atoms with Crippen LogP contribution in [0.15, 0.2) is 16.8 Å². The fourth-order valence-electron chi connectivity index (χ4n) is 1.75. The smallest absolute Gasteiger partial charge is 0.319 e. The summed E-state index contributed by atoms with van der Waals surface area (Å²) >= 11 is 1.52. The van der Waals surface area contributed by atoms with E-state index in [4.69, 9.17) is 0 Å². The first-order valence-electron chi connectivity index (χ1n) is 4.98. The molecule has 0 aliphatic heterocycles. The topological polar surface area (TPSA) is 41.1 Å². The molecule has 0 bridgehead atoms. The number of alkyl halides is 1. The molecule has 0 saturated heterocycles. The highest BCUT2D eigenvalue weighted by Gasteiger charge is 2.25. The number of rotatable bonds is 2. The van der Waals surface area contributed by atoms with Crippen molar-refractivity contribution in [1.82, 2.24) is 5.32 Å². The lowest BCUT2D eigenvalue weighted by Gasteiger charge is -2.11. The van der Waals surface area contributed by atoms with Gasteiger partial charge in [-0.05, 0) is 30.7 Å². The van der Waals surface area contributed by atoms with Crippen molar-refractivity contribution in [3.63, 3.8) is 0 Å². The number of nitrogens with one attached hydrogen (secondary N) is 2. The van der Waals surface area contributed by atoms with Crippen LogP contribution in [0.25, 0.3) is 0 Å². The summed E-state index contributed by atoms with van der Waals surface area (Å²) in [5.41, 5.74) is 0.785. The Hall–Kier alpha value is -1.10. The van der Waals surface area contributed by atoms with Crippen LogP contribution in [0.1, 0.15) is 19.3 Å². The van der Waals surface area contributed by atoms with Gasteiger partial charge < -0.3 is 10.6 Å². The van der Waals surface area contributed by atoms with Gasteiger partial charge >= 0.3 is 6.03 Å². The van der Waals surface area contributed by atoms with E-state index in [2.05, 4.69) is 10.6 Å². The third kappa shape index (κ3) is 2.92. The van der Waals surface area contributed by atoms with Crippen LogP contribution in [0.4, 0.5) is 14.9 Å². The second kappa shape index (κ2) is 4.61. The molecule has 0 spiro atoms. The Kier molecular flexibility index (Phi) is 3.20. The first kappa shape index (κ1) is 10.4. The minimum atomic E-state index is -0.753. The highest BCUT2D eigenvalue weighted by molar-refractivity contribution is 7.08. The Bertz CT molecular complexity index is 328. The third-order valence-corrected chi connectivity index (χ3v) is 3.17. The molecule has 1 fully saturated rings. The van der Waals surface area contributed by atoms with Crippen LogP contribution < -0.4 is 10.6 Å². The van der Waals surface area contributed by atoms with E-state index < -0.39 is 6.17 Å². The van der Waals surface area contributed by atoms with E-state index in [-0.39, 0.29) is 12.1 Å². The van der Waals surface area contributed by atoms with Crippen molar-refractivity contribution >= 4 is 23.1 Å². The van der Waals surface area contributed by atoms with Crippen molar-refractivity contribution in [1.29, 1.82) is 0 Å². The number of amides is 2. The van der Waals surface area contributed by atoms with Crippen LogP contribution in [-0.4, -0.2) is 18.2 Å². The van der Waals surface area contributed by atoms with E-state index in [0.717, 1.165) is 12.1 Å². The summed E-state index contributed by atoms with van der Waals surface area (Å²) < 4.78 is 12.8. The molecule has 5 heteroatoms. The summed E-state index contributed by atoms with van der Waals surface area (Å²) in [7, 11) is 0. The van der Waals surface area contributed by atoms with Gasteiger partial charge in [0, 0.05) is 11.4 Å². The van der Waals surface area contributed by atoms with Gasteiger partial charge in [-0.1, -0.05) is 0 Å². The van der Waals surface area contributed by atoms with Crippen molar-refractivity contribution in [2.45, 2.75) is 31.5 Å². The van der Waals surface area contributed by atoms with Crippen molar-refractivity contribution < 1.29 is 9.18 Å². The number of anilines is 1. The van der Waals surface area contributed by atoms with Crippen molar-refractivity contribution in [3.05, 3.63) is 16.8 Å².